The summed E-state index contributed by atoms with van der Waals surface area (Å²) in [6.45, 7) is 3.89. The molecule has 28 heavy (non-hydrogen) atoms. The predicted molar refractivity (Wildman–Crippen MR) is 108 cm³/mol. The Kier molecular flexibility index (Phi) is 7.45. The van der Waals surface area contributed by atoms with Crippen molar-refractivity contribution in [1.29, 1.82) is 5.26 Å². The van der Waals surface area contributed by atoms with Gasteiger partial charge in [0, 0.05) is 29.6 Å². The van der Waals surface area contributed by atoms with E-state index >= 15 is 0 Å². The fourth-order valence-electron chi connectivity index (χ4n) is 3.34. The molecule has 2 unspecified atom stereocenters. The summed E-state index contributed by atoms with van der Waals surface area (Å²) < 4.78 is 5.01. The molecule has 0 bridgehead atoms. The maximum Gasteiger partial charge on any atom is 0.317 e. The maximum absolute atomic E-state index is 12.7. The molecular formula is C23H26N2O3. The lowest BCUT2D eigenvalue weighted by Crippen LogP contribution is -2.33. The topological polar surface area (TPSA) is 80.0 Å². The van der Waals surface area contributed by atoms with E-state index in [0.717, 1.165) is 23.6 Å². The number of nitrogens with zero attached hydrogens (tertiary/aromatic N) is 2. The normalized spacial score (nSPS) is 14.4. The maximum atomic E-state index is 12.7. The smallest absolute Gasteiger partial charge is 0.317 e. The quantitative estimate of drug-likeness (QED) is 0.477. The number of esters is 1. The van der Waals surface area contributed by atoms with Gasteiger partial charge in [0.15, 0.2) is 5.78 Å². The summed E-state index contributed by atoms with van der Waals surface area (Å²) >= 11 is 0. The van der Waals surface area contributed by atoms with E-state index in [9.17, 15) is 14.9 Å². The van der Waals surface area contributed by atoms with Crippen molar-refractivity contribution in [1.82, 2.24) is 4.98 Å². The first-order valence-electron chi connectivity index (χ1n) is 9.48. The zero-order valence-corrected chi connectivity index (χ0v) is 16.6. The van der Waals surface area contributed by atoms with Gasteiger partial charge in [-0.3, -0.25) is 14.6 Å². The largest absolute Gasteiger partial charge is 0.468 e. The number of nitriles is 1. The third-order valence-corrected chi connectivity index (χ3v) is 5.00. The van der Waals surface area contributed by atoms with Gasteiger partial charge in [0.2, 0.25) is 0 Å². The van der Waals surface area contributed by atoms with Crippen LogP contribution >= 0.6 is 0 Å². The monoisotopic (exact) mass is 378 g/mol. The van der Waals surface area contributed by atoms with Gasteiger partial charge in [-0.05, 0) is 23.9 Å². The molecule has 0 aliphatic heterocycles. The van der Waals surface area contributed by atoms with Crippen LogP contribution in [0.15, 0.2) is 48.7 Å². The molecule has 146 valence electrons. The number of fused-ring (bicyclic) bond motifs is 1. The van der Waals surface area contributed by atoms with Gasteiger partial charge in [-0.15, -0.1) is 0 Å². The lowest BCUT2D eigenvalue weighted by molar-refractivity contribution is -0.149. The standard InChI is InChI=1S/C23H26N2O3/c1-4-7-17(2)21(26)10-12-23(13-14-24,22(27)28-3)16-20-19-9-6-5-8-18(19)11-15-25-20/h5-6,8-12,15,17H,4,7,13,16H2,1-3H3/b12-10-. The van der Waals surface area contributed by atoms with Crippen LogP contribution in [0.2, 0.25) is 0 Å². The first kappa shape index (κ1) is 21.3. The molecule has 0 fully saturated rings. The van der Waals surface area contributed by atoms with E-state index in [1.807, 2.05) is 44.2 Å². The molecule has 0 aliphatic carbocycles. The van der Waals surface area contributed by atoms with E-state index in [2.05, 4.69) is 11.1 Å². The van der Waals surface area contributed by atoms with Crippen LogP contribution in [0.25, 0.3) is 10.8 Å². The number of hydrogen-bond acceptors (Lipinski definition) is 5. The zero-order valence-electron chi connectivity index (χ0n) is 16.6. The molecule has 0 saturated heterocycles. The predicted octanol–water partition coefficient (Wildman–Crippen LogP) is 4.41. The summed E-state index contributed by atoms with van der Waals surface area (Å²) in [4.78, 5) is 29.6. The lowest BCUT2D eigenvalue weighted by atomic mass is 9.78. The Balaban J connectivity index is 2.47. The highest BCUT2D eigenvalue weighted by atomic mass is 16.5. The van der Waals surface area contributed by atoms with Crippen molar-refractivity contribution in [3.8, 4) is 6.07 Å². The van der Waals surface area contributed by atoms with Crippen molar-refractivity contribution < 1.29 is 14.3 Å². The number of benzene rings is 1. The molecule has 2 aromatic rings. The molecule has 1 heterocycles. The fraction of sp³-hybridized carbons (Fsp3) is 0.391. The Bertz CT molecular complexity index is 908. The Morgan fingerprint density at radius 2 is 2.07 bits per heavy atom. The highest BCUT2D eigenvalue weighted by Crippen LogP contribution is 2.33. The molecule has 0 radical (unpaired) electrons. The second kappa shape index (κ2) is 9.80. The number of hydrogen-bond donors (Lipinski definition) is 0. The molecule has 0 saturated carbocycles. The third-order valence-electron chi connectivity index (χ3n) is 5.00. The molecule has 0 amide bonds. The van der Waals surface area contributed by atoms with Crippen molar-refractivity contribution >= 4 is 22.5 Å². The molecular weight excluding hydrogens is 352 g/mol. The van der Waals surface area contributed by atoms with E-state index in [1.54, 1.807) is 12.3 Å². The van der Waals surface area contributed by atoms with Crippen LogP contribution in [0.1, 0.15) is 38.8 Å². The van der Waals surface area contributed by atoms with Crippen LogP contribution < -0.4 is 0 Å². The van der Waals surface area contributed by atoms with Crippen LogP contribution in [0, 0.1) is 22.7 Å². The molecule has 1 aromatic carbocycles. The third kappa shape index (κ3) is 4.83. The van der Waals surface area contributed by atoms with Gasteiger partial charge < -0.3 is 4.74 Å². The van der Waals surface area contributed by atoms with Gasteiger partial charge in [-0.1, -0.05) is 50.6 Å². The number of carbonyl (C=O) groups excluding carboxylic acids is 2. The van der Waals surface area contributed by atoms with E-state index in [1.165, 1.54) is 13.2 Å². The summed E-state index contributed by atoms with van der Waals surface area (Å²) in [6, 6.07) is 11.7. The van der Waals surface area contributed by atoms with Crippen LogP contribution in [-0.2, 0) is 20.7 Å². The molecule has 2 rings (SSSR count). The summed E-state index contributed by atoms with van der Waals surface area (Å²) in [5.74, 6) is -0.732. The molecule has 0 N–H and O–H groups in total. The van der Waals surface area contributed by atoms with Crippen LogP contribution in [-0.4, -0.2) is 23.8 Å². The summed E-state index contributed by atoms with van der Waals surface area (Å²) in [6.07, 6.45) is 6.42. The average Bonchev–Trinajstić information content (AvgIpc) is 2.71. The minimum atomic E-state index is -1.26. The van der Waals surface area contributed by atoms with Gasteiger partial charge in [0.25, 0.3) is 0 Å². The molecule has 0 aliphatic rings. The Morgan fingerprint density at radius 1 is 1.32 bits per heavy atom. The molecule has 2 atom stereocenters. The number of ether oxygens (including phenoxy) is 1. The number of rotatable bonds is 9. The molecule has 5 nitrogen and oxygen atoms in total. The van der Waals surface area contributed by atoms with Crippen molar-refractivity contribution in [3.05, 3.63) is 54.4 Å². The fourth-order valence-corrected chi connectivity index (χ4v) is 3.34. The number of ketones is 1. The number of carbonyl (C=O) groups is 2. The van der Waals surface area contributed by atoms with Crippen molar-refractivity contribution in [2.24, 2.45) is 11.3 Å². The minimum Gasteiger partial charge on any atom is -0.468 e. The highest BCUT2D eigenvalue weighted by Gasteiger charge is 2.38. The van der Waals surface area contributed by atoms with Crippen LogP contribution in [0.3, 0.4) is 0 Å². The second-order valence-electron chi connectivity index (χ2n) is 7.06. The molecule has 0 spiro atoms. The molecule has 5 heteroatoms. The first-order chi connectivity index (χ1) is 13.5. The van der Waals surface area contributed by atoms with Crippen molar-refractivity contribution in [2.45, 2.75) is 39.5 Å². The second-order valence-corrected chi connectivity index (χ2v) is 7.06. The van der Waals surface area contributed by atoms with Gasteiger partial charge in [-0.2, -0.15) is 5.26 Å². The van der Waals surface area contributed by atoms with E-state index in [-0.39, 0.29) is 24.5 Å². The SMILES string of the molecule is CCCC(C)C(=O)/C=C\C(CC#N)(Cc1nccc2ccccc12)C(=O)OC. The Hall–Kier alpha value is -3.00. The lowest BCUT2D eigenvalue weighted by Gasteiger charge is -2.25. The summed E-state index contributed by atoms with van der Waals surface area (Å²) in [5.41, 5.74) is -0.570. The van der Waals surface area contributed by atoms with Crippen molar-refractivity contribution in [2.75, 3.05) is 7.11 Å². The zero-order chi connectivity index (χ0) is 20.6. The molecule has 1 aromatic heterocycles. The van der Waals surface area contributed by atoms with Gasteiger partial charge in [-0.25, -0.2) is 0 Å². The number of pyridine rings is 1. The number of allylic oxidation sites excluding steroid dienone is 1. The highest BCUT2D eigenvalue weighted by molar-refractivity contribution is 5.93. The summed E-state index contributed by atoms with van der Waals surface area (Å²) in [5, 5.41) is 11.3. The number of methoxy groups -OCH3 is 1. The van der Waals surface area contributed by atoms with E-state index < -0.39 is 11.4 Å². The summed E-state index contributed by atoms with van der Waals surface area (Å²) in [7, 11) is 1.29. The van der Waals surface area contributed by atoms with Gasteiger partial charge >= 0.3 is 5.97 Å². The van der Waals surface area contributed by atoms with Crippen molar-refractivity contribution in [3.63, 3.8) is 0 Å². The van der Waals surface area contributed by atoms with Crippen LogP contribution in [0.5, 0.6) is 0 Å². The van der Waals surface area contributed by atoms with E-state index in [4.69, 9.17) is 4.74 Å². The Labute approximate surface area is 166 Å². The minimum absolute atomic E-state index is 0.0565. The van der Waals surface area contributed by atoms with Gasteiger partial charge in [0.05, 0.1) is 19.6 Å². The van der Waals surface area contributed by atoms with Gasteiger partial charge in [0.1, 0.15) is 5.41 Å². The average molecular weight is 378 g/mol. The Morgan fingerprint density at radius 3 is 2.75 bits per heavy atom. The number of aromatic nitrogens is 1. The van der Waals surface area contributed by atoms with E-state index in [0.29, 0.717) is 5.69 Å². The first-order valence-corrected chi connectivity index (χ1v) is 9.48. The van der Waals surface area contributed by atoms with Crippen LogP contribution in [0.4, 0.5) is 0 Å².